The van der Waals surface area contributed by atoms with Crippen LogP contribution in [0.3, 0.4) is 0 Å². The molecule has 0 aromatic heterocycles. The zero-order valence-corrected chi connectivity index (χ0v) is 14.6. The number of carboxylic acid groups (broad SMARTS) is 2. The van der Waals surface area contributed by atoms with E-state index < -0.39 is 11.9 Å². The number of hydrogen-bond acceptors (Lipinski definition) is 6. The molecule has 0 saturated carbocycles. The molecule has 0 fully saturated rings. The third kappa shape index (κ3) is 7.09. The normalized spacial score (nSPS) is 10.8. The standard InChI is InChI=1S/C18H26O8/c19-11-25-9-3-1-5-13-7-8-15(17(21)22)14(16(13)18(23)24)6-2-4-10-26-12-20/h7-8,19-20H,1-6,9-12H2,(H,21,22)(H,23,24). The minimum absolute atomic E-state index is 0.00200. The summed E-state index contributed by atoms with van der Waals surface area (Å²) in [6, 6.07) is 3.01. The van der Waals surface area contributed by atoms with E-state index in [4.69, 9.17) is 19.7 Å². The van der Waals surface area contributed by atoms with Gasteiger partial charge in [0.15, 0.2) is 0 Å². The van der Waals surface area contributed by atoms with Gasteiger partial charge in [-0.05, 0) is 55.7 Å². The lowest BCUT2D eigenvalue weighted by atomic mass is 9.90. The van der Waals surface area contributed by atoms with Crippen molar-refractivity contribution in [2.45, 2.75) is 38.5 Å². The van der Waals surface area contributed by atoms with Crippen LogP contribution >= 0.6 is 0 Å². The van der Waals surface area contributed by atoms with Gasteiger partial charge in [0.2, 0.25) is 0 Å². The molecule has 0 radical (unpaired) electrons. The topological polar surface area (TPSA) is 134 Å². The van der Waals surface area contributed by atoms with Crippen LogP contribution in [-0.4, -0.2) is 59.2 Å². The van der Waals surface area contributed by atoms with Gasteiger partial charge < -0.3 is 29.9 Å². The van der Waals surface area contributed by atoms with Gasteiger partial charge in [0.05, 0.1) is 11.1 Å². The second-order valence-electron chi connectivity index (χ2n) is 5.73. The van der Waals surface area contributed by atoms with Crippen LogP contribution in [0.25, 0.3) is 0 Å². The van der Waals surface area contributed by atoms with Crippen LogP contribution in [0.4, 0.5) is 0 Å². The van der Waals surface area contributed by atoms with Gasteiger partial charge in [0.1, 0.15) is 13.6 Å². The fourth-order valence-electron chi connectivity index (χ4n) is 2.79. The Balaban J connectivity index is 2.95. The molecule has 26 heavy (non-hydrogen) atoms. The fraction of sp³-hybridized carbons (Fsp3) is 0.556. The molecular formula is C18H26O8. The Hall–Kier alpha value is -2.00. The molecule has 4 N–H and O–H groups in total. The van der Waals surface area contributed by atoms with Crippen LogP contribution < -0.4 is 0 Å². The molecular weight excluding hydrogens is 344 g/mol. The number of hydrogen-bond donors (Lipinski definition) is 4. The highest BCUT2D eigenvalue weighted by molar-refractivity contribution is 5.97. The second kappa shape index (κ2) is 12.4. The Morgan fingerprint density at radius 3 is 1.88 bits per heavy atom. The zero-order chi connectivity index (χ0) is 19.4. The Bertz CT molecular complexity index is 585. The smallest absolute Gasteiger partial charge is 0.336 e. The van der Waals surface area contributed by atoms with Crippen LogP contribution in [0.5, 0.6) is 0 Å². The summed E-state index contributed by atoms with van der Waals surface area (Å²) < 4.78 is 9.67. The van der Waals surface area contributed by atoms with Crippen molar-refractivity contribution in [1.29, 1.82) is 0 Å². The summed E-state index contributed by atoms with van der Waals surface area (Å²) in [6.45, 7) is -0.0241. The molecule has 0 unspecified atom stereocenters. The monoisotopic (exact) mass is 370 g/mol. The van der Waals surface area contributed by atoms with E-state index in [2.05, 4.69) is 0 Å². The van der Waals surface area contributed by atoms with Crippen LogP contribution in [-0.2, 0) is 22.3 Å². The lowest BCUT2D eigenvalue weighted by Crippen LogP contribution is -2.14. The highest BCUT2D eigenvalue weighted by atomic mass is 16.6. The van der Waals surface area contributed by atoms with Gasteiger partial charge in [-0.2, -0.15) is 0 Å². The minimum Gasteiger partial charge on any atom is -0.478 e. The number of ether oxygens (including phenoxy) is 2. The van der Waals surface area contributed by atoms with E-state index in [-0.39, 0.29) is 24.7 Å². The predicted molar refractivity (Wildman–Crippen MR) is 92.3 cm³/mol. The first-order valence-electron chi connectivity index (χ1n) is 8.51. The molecule has 0 aliphatic rings. The SMILES string of the molecule is O=C(O)c1ccc(CCCCOCO)c(C(=O)O)c1CCCCOCO. The summed E-state index contributed by atoms with van der Waals surface area (Å²) in [4.78, 5) is 23.3. The number of aryl methyl sites for hydroxylation is 1. The first-order valence-corrected chi connectivity index (χ1v) is 8.51. The Labute approximate surface area is 152 Å². The Morgan fingerprint density at radius 1 is 0.808 bits per heavy atom. The van der Waals surface area contributed by atoms with Crippen molar-refractivity contribution in [2.24, 2.45) is 0 Å². The molecule has 8 nitrogen and oxygen atoms in total. The van der Waals surface area contributed by atoms with Crippen molar-refractivity contribution in [1.82, 2.24) is 0 Å². The van der Waals surface area contributed by atoms with Crippen LogP contribution in [0.15, 0.2) is 12.1 Å². The van der Waals surface area contributed by atoms with E-state index in [1.165, 1.54) is 6.07 Å². The van der Waals surface area contributed by atoms with Crippen LogP contribution in [0, 0.1) is 0 Å². The maximum Gasteiger partial charge on any atom is 0.336 e. The third-order valence-electron chi connectivity index (χ3n) is 3.98. The first-order chi connectivity index (χ1) is 12.5. The summed E-state index contributed by atoms with van der Waals surface area (Å²) in [5.41, 5.74) is 0.958. The van der Waals surface area contributed by atoms with Gasteiger partial charge in [-0.15, -0.1) is 0 Å². The largest absolute Gasteiger partial charge is 0.478 e. The number of unbranched alkanes of at least 4 members (excludes halogenated alkanes) is 2. The number of carbonyl (C=O) groups is 2. The van der Waals surface area contributed by atoms with Crippen molar-refractivity contribution in [3.05, 3.63) is 34.4 Å². The molecule has 1 rings (SSSR count). The number of rotatable bonds is 14. The molecule has 0 saturated heterocycles. The van der Waals surface area contributed by atoms with E-state index in [9.17, 15) is 19.8 Å². The van der Waals surface area contributed by atoms with E-state index >= 15 is 0 Å². The summed E-state index contributed by atoms with van der Waals surface area (Å²) in [6.07, 6.45) is 3.25. The number of carboxylic acids is 2. The molecule has 0 bridgehead atoms. The van der Waals surface area contributed by atoms with Crippen molar-refractivity contribution < 1.29 is 39.5 Å². The van der Waals surface area contributed by atoms with Gasteiger partial charge in [-0.3, -0.25) is 0 Å². The maximum atomic E-state index is 11.8. The average molecular weight is 370 g/mol. The molecule has 0 spiro atoms. The Morgan fingerprint density at radius 2 is 1.38 bits per heavy atom. The van der Waals surface area contributed by atoms with Gasteiger partial charge >= 0.3 is 11.9 Å². The zero-order valence-electron chi connectivity index (χ0n) is 14.6. The second-order valence-corrected chi connectivity index (χ2v) is 5.73. The number of aliphatic hydroxyl groups is 2. The van der Waals surface area contributed by atoms with Crippen molar-refractivity contribution >= 4 is 11.9 Å². The molecule has 0 aliphatic heterocycles. The summed E-state index contributed by atoms with van der Waals surface area (Å²) in [5, 5.41) is 36.2. The summed E-state index contributed by atoms with van der Waals surface area (Å²) >= 11 is 0. The quantitative estimate of drug-likeness (QED) is 0.287. The average Bonchev–Trinajstić information content (AvgIpc) is 2.60. The lowest BCUT2D eigenvalue weighted by molar-refractivity contribution is -0.00294. The minimum atomic E-state index is -1.16. The van der Waals surface area contributed by atoms with Gasteiger partial charge in [0.25, 0.3) is 0 Å². The van der Waals surface area contributed by atoms with E-state index in [0.29, 0.717) is 62.9 Å². The molecule has 146 valence electrons. The van der Waals surface area contributed by atoms with Crippen LogP contribution in [0.2, 0.25) is 0 Å². The predicted octanol–water partition coefficient (Wildman–Crippen LogP) is 1.66. The highest BCUT2D eigenvalue weighted by Gasteiger charge is 2.21. The first kappa shape index (κ1) is 22.0. The van der Waals surface area contributed by atoms with Crippen molar-refractivity contribution in [3.63, 3.8) is 0 Å². The lowest BCUT2D eigenvalue weighted by Gasteiger charge is -2.15. The number of aromatic carboxylic acids is 2. The number of aliphatic hydroxyl groups excluding tert-OH is 2. The van der Waals surface area contributed by atoms with Crippen molar-refractivity contribution in [3.8, 4) is 0 Å². The summed E-state index contributed by atoms with van der Waals surface area (Å²) in [5.74, 6) is -2.30. The van der Waals surface area contributed by atoms with Gasteiger partial charge in [-0.25, -0.2) is 9.59 Å². The maximum absolute atomic E-state index is 11.8. The van der Waals surface area contributed by atoms with Gasteiger partial charge in [0, 0.05) is 13.2 Å². The van der Waals surface area contributed by atoms with E-state index in [1.807, 2.05) is 0 Å². The van der Waals surface area contributed by atoms with E-state index in [1.54, 1.807) is 6.07 Å². The molecule has 0 aliphatic carbocycles. The Kier molecular flexibility index (Phi) is 10.5. The van der Waals surface area contributed by atoms with Gasteiger partial charge in [-0.1, -0.05) is 6.07 Å². The van der Waals surface area contributed by atoms with E-state index in [0.717, 1.165) is 0 Å². The molecule has 1 aromatic carbocycles. The highest BCUT2D eigenvalue weighted by Crippen LogP contribution is 2.24. The summed E-state index contributed by atoms with van der Waals surface area (Å²) in [7, 11) is 0. The molecule has 8 heteroatoms. The fourth-order valence-corrected chi connectivity index (χ4v) is 2.79. The molecule has 1 aromatic rings. The third-order valence-corrected chi connectivity index (χ3v) is 3.98. The van der Waals surface area contributed by atoms with Crippen LogP contribution in [0.1, 0.15) is 57.5 Å². The molecule has 0 amide bonds. The molecule has 0 atom stereocenters. The van der Waals surface area contributed by atoms with Crippen molar-refractivity contribution in [2.75, 3.05) is 26.8 Å². The molecule has 0 heterocycles. The number of benzene rings is 1.